The van der Waals surface area contributed by atoms with Crippen LogP contribution in [0.25, 0.3) is 0 Å². The van der Waals surface area contributed by atoms with Gasteiger partial charge in [0.2, 0.25) is 0 Å². The number of nitrogens with two attached hydrogens (primary N) is 1. The summed E-state index contributed by atoms with van der Waals surface area (Å²) < 4.78 is 0. The van der Waals surface area contributed by atoms with Gasteiger partial charge in [-0.15, -0.1) is 0 Å². The molecular formula is C16H15ClN2O. The number of aryl methyl sites for hydroxylation is 1. The van der Waals surface area contributed by atoms with Gasteiger partial charge in [0.15, 0.2) is 0 Å². The van der Waals surface area contributed by atoms with E-state index in [0.29, 0.717) is 22.8 Å². The summed E-state index contributed by atoms with van der Waals surface area (Å²) in [5, 5.41) is 0.578. The van der Waals surface area contributed by atoms with Crippen molar-refractivity contribution in [2.75, 3.05) is 17.2 Å². The SMILES string of the molecule is Cc1cc(Cl)cc(C(=O)N2CCc3cccc(N)c32)c1. The predicted molar refractivity (Wildman–Crippen MR) is 82.4 cm³/mol. The average Bonchev–Trinajstić information content (AvgIpc) is 2.82. The van der Waals surface area contributed by atoms with Crippen molar-refractivity contribution in [1.82, 2.24) is 0 Å². The molecule has 0 aromatic heterocycles. The molecule has 102 valence electrons. The molecule has 0 fully saturated rings. The summed E-state index contributed by atoms with van der Waals surface area (Å²) in [6, 6.07) is 11.2. The summed E-state index contributed by atoms with van der Waals surface area (Å²) in [5.74, 6) is -0.0488. The molecule has 1 amide bonds. The van der Waals surface area contributed by atoms with Crippen LogP contribution in [-0.2, 0) is 6.42 Å². The minimum absolute atomic E-state index is 0.0488. The first-order valence-corrected chi connectivity index (χ1v) is 6.90. The lowest BCUT2D eigenvalue weighted by atomic mass is 10.1. The predicted octanol–water partition coefficient (Wildman–Crippen LogP) is 3.43. The zero-order valence-electron chi connectivity index (χ0n) is 11.2. The summed E-state index contributed by atoms with van der Waals surface area (Å²) in [5.41, 5.74) is 10.2. The molecule has 2 aromatic carbocycles. The summed E-state index contributed by atoms with van der Waals surface area (Å²) in [6.07, 6.45) is 0.839. The first kappa shape index (κ1) is 13.0. The van der Waals surface area contributed by atoms with Crippen molar-refractivity contribution in [2.24, 2.45) is 0 Å². The number of anilines is 2. The van der Waals surface area contributed by atoms with E-state index in [4.69, 9.17) is 17.3 Å². The van der Waals surface area contributed by atoms with Gasteiger partial charge in [-0.3, -0.25) is 4.79 Å². The largest absolute Gasteiger partial charge is 0.397 e. The Labute approximate surface area is 123 Å². The highest BCUT2D eigenvalue weighted by Gasteiger charge is 2.27. The second kappa shape index (κ2) is 4.84. The highest BCUT2D eigenvalue weighted by molar-refractivity contribution is 6.31. The maximum atomic E-state index is 12.7. The molecule has 0 atom stereocenters. The molecule has 0 saturated carbocycles. The number of nitrogens with zero attached hydrogens (tertiary/aromatic N) is 1. The van der Waals surface area contributed by atoms with Crippen molar-refractivity contribution >= 4 is 28.9 Å². The Balaban J connectivity index is 2.02. The summed E-state index contributed by atoms with van der Waals surface area (Å²) in [6.45, 7) is 2.59. The molecule has 0 aliphatic carbocycles. The van der Waals surface area contributed by atoms with E-state index in [1.165, 1.54) is 0 Å². The Morgan fingerprint density at radius 3 is 2.85 bits per heavy atom. The van der Waals surface area contributed by atoms with Crippen LogP contribution in [0, 0.1) is 6.92 Å². The zero-order chi connectivity index (χ0) is 14.3. The topological polar surface area (TPSA) is 46.3 Å². The van der Waals surface area contributed by atoms with Crippen molar-refractivity contribution in [3.63, 3.8) is 0 Å². The van der Waals surface area contributed by atoms with Crippen LogP contribution >= 0.6 is 11.6 Å². The molecule has 2 aromatic rings. The number of amides is 1. The van der Waals surface area contributed by atoms with Crippen molar-refractivity contribution in [3.8, 4) is 0 Å². The van der Waals surface area contributed by atoms with Crippen LogP contribution in [-0.4, -0.2) is 12.5 Å². The smallest absolute Gasteiger partial charge is 0.258 e. The molecular weight excluding hydrogens is 272 g/mol. The quantitative estimate of drug-likeness (QED) is 0.816. The van der Waals surface area contributed by atoms with E-state index in [0.717, 1.165) is 23.2 Å². The maximum absolute atomic E-state index is 12.7. The van der Waals surface area contributed by atoms with E-state index in [9.17, 15) is 4.79 Å². The molecule has 1 heterocycles. The molecule has 1 aliphatic rings. The van der Waals surface area contributed by atoms with Gasteiger partial charge in [0, 0.05) is 17.1 Å². The Kier molecular flexibility index (Phi) is 3.14. The lowest BCUT2D eigenvalue weighted by Gasteiger charge is -2.19. The number of para-hydroxylation sites is 1. The number of rotatable bonds is 1. The van der Waals surface area contributed by atoms with Crippen LogP contribution < -0.4 is 10.6 Å². The highest BCUT2D eigenvalue weighted by atomic mass is 35.5. The van der Waals surface area contributed by atoms with Gasteiger partial charge >= 0.3 is 0 Å². The number of halogens is 1. The van der Waals surface area contributed by atoms with Crippen molar-refractivity contribution < 1.29 is 4.79 Å². The number of carbonyl (C=O) groups is 1. The van der Waals surface area contributed by atoms with Gasteiger partial charge in [-0.1, -0.05) is 23.7 Å². The van der Waals surface area contributed by atoms with Crippen molar-refractivity contribution in [2.45, 2.75) is 13.3 Å². The third-order valence-electron chi connectivity index (χ3n) is 3.56. The van der Waals surface area contributed by atoms with Crippen LogP contribution in [0.3, 0.4) is 0 Å². The monoisotopic (exact) mass is 286 g/mol. The first-order valence-electron chi connectivity index (χ1n) is 6.52. The van der Waals surface area contributed by atoms with Gasteiger partial charge < -0.3 is 10.6 Å². The number of hydrogen-bond acceptors (Lipinski definition) is 2. The van der Waals surface area contributed by atoms with Gasteiger partial charge in [-0.2, -0.15) is 0 Å². The van der Waals surface area contributed by atoms with Crippen LogP contribution in [0.1, 0.15) is 21.5 Å². The number of fused-ring (bicyclic) bond motifs is 1. The second-order valence-electron chi connectivity index (χ2n) is 5.08. The van der Waals surface area contributed by atoms with E-state index < -0.39 is 0 Å². The molecule has 4 heteroatoms. The fourth-order valence-corrected chi connectivity index (χ4v) is 2.99. The minimum atomic E-state index is -0.0488. The molecule has 0 spiro atoms. The van der Waals surface area contributed by atoms with Crippen LogP contribution in [0.5, 0.6) is 0 Å². The third-order valence-corrected chi connectivity index (χ3v) is 3.78. The van der Waals surface area contributed by atoms with Crippen LogP contribution in [0.15, 0.2) is 36.4 Å². The van der Waals surface area contributed by atoms with E-state index in [2.05, 4.69) is 0 Å². The van der Waals surface area contributed by atoms with Gasteiger partial charge in [0.25, 0.3) is 5.91 Å². The molecule has 1 aliphatic heterocycles. The fraction of sp³-hybridized carbons (Fsp3) is 0.188. The zero-order valence-corrected chi connectivity index (χ0v) is 11.9. The summed E-state index contributed by atoms with van der Waals surface area (Å²) in [4.78, 5) is 14.4. The first-order chi connectivity index (χ1) is 9.56. The molecule has 3 rings (SSSR count). The lowest BCUT2D eigenvalue weighted by Crippen LogP contribution is -2.29. The van der Waals surface area contributed by atoms with E-state index >= 15 is 0 Å². The summed E-state index contributed by atoms with van der Waals surface area (Å²) >= 11 is 6.04. The van der Waals surface area contributed by atoms with Gasteiger partial charge in [0.05, 0.1) is 11.4 Å². The number of carbonyl (C=O) groups excluding carboxylic acids is 1. The van der Waals surface area contributed by atoms with Crippen LogP contribution in [0.4, 0.5) is 11.4 Å². The Morgan fingerprint density at radius 1 is 1.30 bits per heavy atom. The number of hydrogen-bond donors (Lipinski definition) is 1. The highest BCUT2D eigenvalue weighted by Crippen LogP contribution is 2.34. The molecule has 0 bridgehead atoms. The van der Waals surface area contributed by atoms with Gasteiger partial charge in [0.1, 0.15) is 0 Å². The normalized spacial score (nSPS) is 13.4. The van der Waals surface area contributed by atoms with Gasteiger partial charge in [-0.25, -0.2) is 0 Å². The number of benzene rings is 2. The number of nitrogen functional groups attached to an aromatic ring is 1. The standard InChI is InChI=1S/C16H15ClN2O/c1-10-7-12(9-13(17)8-10)16(20)19-6-5-11-3-2-4-14(18)15(11)19/h2-4,7-9H,5-6,18H2,1H3. The average molecular weight is 287 g/mol. The molecule has 0 radical (unpaired) electrons. The molecule has 2 N–H and O–H groups in total. The lowest BCUT2D eigenvalue weighted by molar-refractivity contribution is 0.0989. The van der Waals surface area contributed by atoms with Crippen LogP contribution in [0.2, 0.25) is 5.02 Å². The Bertz CT molecular complexity index is 677. The molecule has 3 nitrogen and oxygen atoms in total. The summed E-state index contributed by atoms with van der Waals surface area (Å²) in [7, 11) is 0. The third kappa shape index (κ3) is 2.14. The van der Waals surface area contributed by atoms with Crippen molar-refractivity contribution in [3.05, 3.63) is 58.1 Å². The molecule has 20 heavy (non-hydrogen) atoms. The van der Waals surface area contributed by atoms with E-state index in [1.54, 1.807) is 11.0 Å². The minimum Gasteiger partial charge on any atom is -0.397 e. The van der Waals surface area contributed by atoms with E-state index in [1.807, 2.05) is 37.3 Å². The van der Waals surface area contributed by atoms with E-state index in [-0.39, 0.29) is 5.91 Å². The van der Waals surface area contributed by atoms with Gasteiger partial charge in [-0.05, 0) is 48.7 Å². The molecule has 0 unspecified atom stereocenters. The second-order valence-corrected chi connectivity index (χ2v) is 5.52. The fourth-order valence-electron chi connectivity index (χ4n) is 2.70. The van der Waals surface area contributed by atoms with Crippen molar-refractivity contribution in [1.29, 1.82) is 0 Å². The Morgan fingerprint density at radius 2 is 2.10 bits per heavy atom. The Hall–Kier alpha value is -2.00. The maximum Gasteiger partial charge on any atom is 0.258 e. The molecule has 0 saturated heterocycles.